The third-order valence-electron chi connectivity index (χ3n) is 3.85. The molecule has 3 nitrogen and oxygen atoms in total. The van der Waals surface area contributed by atoms with E-state index in [4.69, 9.17) is 0 Å². The van der Waals surface area contributed by atoms with Gasteiger partial charge in [0.2, 0.25) is 5.91 Å². The van der Waals surface area contributed by atoms with Crippen LogP contribution < -0.4 is 10.6 Å². The van der Waals surface area contributed by atoms with Gasteiger partial charge in [0, 0.05) is 18.8 Å². The van der Waals surface area contributed by atoms with Crippen LogP contribution in [0.3, 0.4) is 0 Å². The molecule has 2 aromatic carbocycles. The SMILES string of the molecule is CCCC(C(=O)NCCCNc1ccccc1)c1ccccc1. The average molecular weight is 310 g/mol. The molecule has 0 saturated carbocycles. The molecule has 0 aliphatic heterocycles. The molecule has 2 aromatic rings. The molecule has 0 fully saturated rings. The zero-order valence-corrected chi connectivity index (χ0v) is 13.8. The lowest BCUT2D eigenvalue weighted by molar-refractivity contribution is -0.122. The van der Waals surface area contributed by atoms with E-state index in [2.05, 4.69) is 17.6 Å². The van der Waals surface area contributed by atoms with Crippen LogP contribution in [0.2, 0.25) is 0 Å². The molecule has 0 bridgehead atoms. The van der Waals surface area contributed by atoms with Crippen molar-refractivity contribution < 1.29 is 4.79 Å². The Hall–Kier alpha value is -2.29. The Balaban J connectivity index is 1.74. The fraction of sp³-hybridized carbons (Fsp3) is 0.350. The Morgan fingerprint density at radius 2 is 1.61 bits per heavy atom. The molecular weight excluding hydrogens is 284 g/mol. The molecule has 1 unspecified atom stereocenters. The first kappa shape index (κ1) is 17.1. The van der Waals surface area contributed by atoms with Gasteiger partial charge in [0.25, 0.3) is 0 Å². The van der Waals surface area contributed by atoms with E-state index in [1.165, 1.54) is 0 Å². The van der Waals surface area contributed by atoms with Crippen LogP contribution >= 0.6 is 0 Å². The lowest BCUT2D eigenvalue weighted by Gasteiger charge is -2.16. The highest BCUT2D eigenvalue weighted by Crippen LogP contribution is 2.21. The Morgan fingerprint density at radius 3 is 2.26 bits per heavy atom. The number of benzene rings is 2. The molecule has 23 heavy (non-hydrogen) atoms. The van der Waals surface area contributed by atoms with Crippen molar-refractivity contribution in [1.82, 2.24) is 5.32 Å². The minimum absolute atomic E-state index is 0.0386. The quantitative estimate of drug-likeness (QED) is 0.682. The third kappa shape index (κ3) is 5.78. The Morgan fingerprint density at radius 1 is 0.957 bits per heavy atom. The van der Waals surface area contributed by atoms with Gasteiger partial charge in [-0.3, -0.25) is 4.79 Å². The highest BCUT2D eigenvalue weighted by Gasteiger charge is 2.18. The lowest BCUT2D eigenvalue weighted by atomic mass is 9.93. The Kier molecular flexibility index (Phi) is 7.18. The van der Waals surface area contributed by atoms with Gasteiger partial charge in [-0.1, -0.05) is 61.9 Å². The highest BCUT2D eigenvalue weighted by molar-refractivity contribution is 5.83. The fourth-order valence-corrected chi connectivity index (χ4v) is 2.64. The van der Waals surface area contributed by atoms with Gasteiger partial charge < -0.3 is 10.6 Å². The largest absolute Gasteiger partial charge is 0.385 e. The second-order valence-corrected chi connectivity index (χ2v) is 5.69. The molecule has 0 aliphatic rings. The summed E-state index contributed by atoms with van der Waals surface area (Å²) in [5.41, 5.74) is 2.22. The van der Waals surface area contributed by atoms with Gasteiger partial charge in [0.05, 0.1) is 5.92 Å². The number of amides is 1. The highest BCUT2D eigenvalue weighted by atomic mass is 16.1. The average Bonchev–Trinajstić information content (AvgIpc) is 2.61. The monoisotopic (exact) mass is 310 g/mol. The normalized spacial score (nSPS) is 11.7. The fourth-order valence-electron chi connectivity index (χ4n) is 2.64. The zero-order chi connectivity index (χ0) is 16.3. The number of carbonyl (C=O) groups is 1. The summed E-state index contributed by atoms with van der Waals surface area (Å²) in [6, 6.07) is 20.2. The van der Waals surface area contributed by atoms with E-state index < -0.39 is 0 Å². The molecule has 1 amide bonds. The van der Waals surface area contributed by atoms with Crippen molar-refractivity contribution in [1.29, 1.82) is 0 Å². The van der Waals surface area contributed by atoms with Crippen molar-refractivity contribution in [2.75, 3.05) is 18.4 Å². The number of para-hydroxylation sites is 1. The van der Waals surface area contributed by atoms with Crippen molar-refractivity contribution in [3.05, 3.63) is 66.2 Å². The van der Waals surface area contributed by atoms with E-state index >= 15 is 0 Å². The van der Waals surface area contributed by atoms with Crippen molar-refractivity contribution in [2.45, 2.75) is 32.1 Å². The van der Waals surface area contributed by atoms with Gasteiger partial charge in [-0.15, -0.1) is 0 Å². The zero-order valence-electron chi connectivity index (χ0n) is 13.8. The first-order valence-corrected chi connectivity index (χ1v) is 8.43. The van der Waals surface area contributed by atoms with Gasteiger partial charge in [0.15, 0.2) is 0 Å². The van der Waals surface area contributed by atoms with Crippen LogP contribution in [0.25, 0.3) is 0 Å². The van der Waals surface area contributed by atoms with Crippen LogP contribution in [0.1, 0.15) is 37.7 Å². The maximum atomic E-state index is 12.4. The molecule has 0 aromatic heterocycles. The van der Waals surface area contributed by atoms with Gasteiger partial charge >= 0.3 is 0 Å². The van der Waals surface area contributed by atoms with Crippen molar-refractivity contribution in [2.24, 2.45) is 0 Å². The van der Waals surface area contributed by atoms with Gasteiger partial charge in [-0.2, -0.15) is 0 Å². The first-order chi connectivity index (χ1) is 11.3. The molecule has 1 atom stereocenters. The number of hydrogen-bond donors (Lipinski definition) is 2. The predicted molar refractivity (Wildman–Crippen MR) is 96.6 cm³/mol. The van der Waals surface area contributed by atoms with Crippen LogP contribution in [0.4, 0.5) is 5.69 Å². The van der Waals surface area contributed by atoms with E-state index in [0.717, 1.165) is 37.1 Å². The van der Waals surface area contributed by atoms with E-state index in [0.29, 0.717) is 6.54 Å². The molecule has 3 heteroatoms. The summed E-state index contributed by atoms with van der Waals surface area (Å²) in [6.45, 7) is 3.67. The van der Waals surface area contributed by atoms with Crippen LogP contribution in [-0.4, -0.2) is 19.0 Å². The molecular formula is C20H26N2O. The van der Waals surface area contributed by atoms with Crippen molar-refractivity contribution in [3.63, 3.8) is 0 Å². The topological polar surface area (TPSA) is 41.1 Å². The molecule has 0 heterocycles. The molecule has 0 radical (unpaired) electrons. The molecule has 2 N–H and O–H groups in total. The third-order valence-corrected chi connectivity index (χ3v) is 3.85. The molecule has 122 valence electrons. The van der Waals surface area contributed by atoms with E-state index in [1.54, 1.807) is 0 Å². The smallest absolute Gasteiger partial charge is 0.227 e. The first-order valence-electron chi connectivity index (χ1n) is 8.43. The van der Waals surface area contributed by atoms with E-state index in [9.17, 15) is 4.79 Å². The summed E-state index contributed by atoms with van der Waals surface area (Å²) in [5, 5.41) is 6.43. The Bertz CT molecular complexity index is 569. The standard InChI is InChI=1S/C20H26N2O/c1-2-10-19(17-11-5-3-6-12-17)20(23)22-16-9-15-21-18-13-7-4-8-14-18/h3-8,11-14,19,21H,2,9-10,15-16H2,1H3,(H,22,23). The van der Waals surface area contributed by atoms with E-state index in [1.807, 2.05) is 60.7 Å². The minimum Gasteiger partial charge on any atom is -0.385 e. The second kappa shape index (κ2) is 9.67. The number of carbonyl (C=O) groups excluding carboxylic acids is 1. The number of nitrogens with one attached hydrogen (secondary N) is 2. The second-order valence-electron chi connectivity index (χ2n) is 5.69. The molecule has 0 spiro atoms. The maximum Gasteiger partial charge on any atom is 0.227 e. The minimum atomic E-state index is -0.0386. The summed E-state index contributed by atoms with van der Waals surface area (Å²) in [6.07, 6.45) is 2.80. The lowest BCUT2D eigenvalue weighted by Crippen LogP contribution is -2.31. The summed E-state index contributed by atoms with van der Waals surface area (Å²) in [5.74, 6) is 0.0982. The molecule has 0 aliphatic carbocycles. The van der Waals surface area contributed by atoms with Crippen molar-refractivity contribution >= 4 is 11.6 Å². The predicted octanol–water partition coefficient (Wildman–Crippen LogP) is 4.19. The Labute approximate surface area is 139 Å². The summed E-state index contributed by atoms with van der Waals surface area (Å²) in [4.78, 5) is 12.4. The van der Waals surface area contributed by atoms with Crippen molar-refractivity contribution in [3.8, 4) is 0 Å². The molecule has 2 rings (SSSR count). The van der Waals surface area contributed by atoms with Crippen LogP contribution in [0, 0.1) is 0 Å². The summed E-state index contributed by atoms with van der Waals surface area (Å²) in [7, 11) is 0. The van der Waals surface area contributed by atoms with Crippen LogP contribution in [-0.2, 0) is 4.79 Å². The van der Waals surface area contributed by atoms with E-state index in [-0.39, 0.29) is 11.8 Å². The number of hydrogen-bond acceptors (Lipinski definition) is 2. The van der Waals surface area contributed by atoms with Gasteiger partial charge in [0.1, 0.15) is 0 Å². The number of anilines is 1. The number of rotatable bonds is 9. The van der Waals surface area contributed by atoms with Gasteiger partial charge in [-0.05, 0) is 30.5 Å². The summed E-state index contributed by atoms with van der Waals surface area (Å²) < 4.78 is 0. The van der Waals surface area contributed by atoms with Gasteiger partial charge in [-0.25, -0.2) is 0 Å². The maximum absolute atomic E-state index is 12.4. The van der Waals surface area contributed by atoms with Crippen LogP contribution in [0.5, 0.6) is 0 Å². The summed E-state index contributed by atoms with van der Waals surface area (Å²) >= 11 is 0. The van der Waals surface area contributed by atoms with Crippen LogP contribution in [0.15, 0.2) is 60.7 Å². The molecule has 0 saturated heterocycles.